The first-order chi connectivity index (χ1) is 22.1. The molecule has 0 bridgehead atoms. The van der Waals surface area contributed by atoms with Crippen molar-refractivity contribution in [3.05, 3.63) is 70.5 Å². The zero-order chi connectivity index (χ0) is 34.6. The highest BCUT2D eigenvalue weighted by atomic mass is 32.2. The third-order valence-corrected chi connectivity index (χ3v) is 9.76. The van der Waals surface area contributed by atoms with E-state index in [1.165, 1.54) is 19.2 Å². The monoisotopic (exact) mass is 690 g/mol. The van der Waals surface area contributed by atoms with Gasteiger partial charge in [0.05, 0.1) is 29.7 Å². The molecule has 1 aliphatic heterocycles. The molecule has 1 saturated carbocycles. The zero-order valence-corrected chi connectivity index (χ0v) is 26.9. The highest BCUT2D eigenvalue weighted by Crippen LogP contribution is 2.46. The van der Waals surface area contributed by atoms with E-state index in [-0.39, 0.29) is 34.6 Å². The number of benzene rings is 2. The summed E-state index contributed by atoms with van der Waals surface area (Å²) in [4.78, 5) is 32.8. The lowest BCUT2D eigenvalue weighted by atomic mass is 9.78. The topological polar surface area (TPSA) is 83.0 Å². The van der Waals surface area contributed by atoms with Gasteiger partial charge in [0.1, 0.15) is 5.82 Å². The molecule has 1 aliphatic carbocycles. The van der Waals surface area contributed by atoms with Gasteiger partial charge in [-0.2, -0.15) is 26.3 Å². The number of carbonyl (C=O) groups is 2. The summed E-state index contributed by atoms with van der Waals surface area (Å²) in [5, 5.41) is 5.29. The van der Waals surface area contributed by atoms with Crippen molar-refractivity contribution in [3.8, 4) is 0 Å². The number of carbonyl (C=O) groups excluding carboxylic acids is 2. The highest BCUT2D eigenvalue weighted by molar-refractivity contribution is 8.13. The Morgan fingerprint density at radius 1 is 1.02 bits per heavy atom. The summed E-state index contributed by atoms with van der Waals surface area (Å²) < 4.78 is 98.7. The second-order valence-electron chi connectivity index (χ2n) is 11.9. The van der Waals surface area contributed by atoms with Gasteiger partial charge in [0.15, 0.2) is 5.17 Å². The van der Waals surface area contributed by atoms with Crippen LogP contribution < -0.4 is 10.6 Å². The molecule has 1 saturated heterocycles. The van der Waals surface area contributed by atoms with Crippen molar-refractivity contribution in [2.45, 2.75) is 75.9 Å². The summed E-state index contributed by atoms with van der Waals surface area (Å²) >= 11 is 1.12. The molecule has 258 valence electrons. The number of alkyl halides is 6. The van der Waals surface area contributed by atoms with E-state index < -0.39 is 53.5 Å². The minimum atomic E-state index is -5.02. The second-order valence-corrected chi connectivity index (χ2v) is 12.7. The maximum atomic E-state index is 14.0. The molecule has 4 rings (SSSR count). The third-order valence-electron chi connectivity index (χ3n) is 9.16. The molecule has 2 amide bonds. The summed E-state index contributed by atoms with van der Waals surface area (Å²) in [5.41, 5.74) is -3.40. The SMILES string of the molecule is COC(=O)NC(=NC(C)C1(C(=O)NCc2cc(C(F)(F)F)cc(C(F)(F)F)c2)CCC(N2CCC(c3ccc(F)cc3)CC2)C1)SC. The molecule has 2 N–H and O–H groups in total. The van der Waals surface area contributed by atoms with Gasteiger partial charge in [-0.25, -0.2) is 9.18 Å². The largest absolute Gasteiger partial charge is 0.453 e. The molecule has 1 heterocycles. The smallest absolute Gasteiger partial charge is 0.416 e. The number of nitrogens with zero attached hydrogens (tertiary/aromatic N) is 2. The van der Waals surface area contributed by atoms with Gasteiger partial charge in [-0.15, -0.1) is 0 Å². The van der Waals surface area contributed by atoms with Gasteiger partial charge in [0, 0.05) is 12.6 Å². The number of alkyl carbamates (subject to hydrolysis) is 1. The van der Waals surface area contributed by atoms with E-state index in [1.54, 1.807) is 25.3 Å². The lowest BCUT2D eigenvalue weighted by Crippen LogP contribution is -2.48. The minimum Gasteiger partial charge on any atom is -0.453 e. The average molecular weight is 691 g/mol. The number of amides is 2. The van der Waals surface area contributed by atoms with E-state index in [2.05, 4.69) is 25.3 Å². The Balaban J connectivity index is 1.56. The lowest BCUT2D eigenvalue weighted by Gasteiger charge is -2.38. The zero-order valence-electron chi connectivity index (χ0n) is 26.1. The van der Waals surface area contributed by atoms with Crippen molar-refractivity contribution in [2.75, 3.05) is 26.5 Å². The molecule has 0 aromatic heterocycles. The van der Waals surface area contributed by atoms with Crippen molar-refractivity contribution < 1.29 is 45.1 Å². The van der Waals surface area contributed by atoms with Crippen molar-refractivity contribution >= 4 is 28.9 Å². The number of hydrogen-bond acceptors (Lipinski definition) is 6. The summed E-state index contributed by atoms with van der Waals surface area (Å²) in [5.74, 6) is -0.599. The molecule has 2 aromatic carbocycles. The molecule has 15 heteroatoms. The van der Waals surface area contributed by atoms with Crippen LogP contribution in [0.3, 0.4) is 0 Å². The molecular formula is C32H37F7N4O3S. The van der Waals surface area contributed by atoms with Crippen molar-refractivity contribution in [3.63, 3.8) is 0 Å². The fourth-order valence-electron chi connectivity index (χ4n) is 6.52. The molecule has 47 heavy (non-hydrogen) atoms. The average Bonchev–Trinajstić information content (AvgIpc) is 3.49. The van der Waals surface area contributed by atoms with Crippen LogP contribution in [0.1, 0.15) is 67.2 Å². The Morgan fingerprint density at radius 3 is 2.15 bits per heavy atom. The van der Waals surface area contributed by atoms with Gasteiger partial charge in [0.25, 0.3) is 0 Å². The Morgan fingerprint density at radius 2 is 1.62 bits per heavy atom. The van der Waals surface area contributed by atoms with Crippen LogP contribution in [0.25, 0.3) is 0 Å². The number of rotatable bonds is 7. The van der Waals surface area contributed by atoms with Gasteiger partial charge >= 0.3 is 18.4 Å². The van der Waals surface area contributed by atoms with Gasteiger partial charge in [-0.1, -0.05) is 23.9 Å². The van der Waals surface area contributed by atoms with Crippen LogP contribution in [0.4, 0.5) is 35.5 Å². The van der Waals surface area contributed by atoms with Crippen molar-refractivity contribution in [1.82, 2.24) is 15.5 Å². The van der Waals surface area contributed by atoms with E-state index in [4.69, 9.17) is 0 Å². The molecule has 2 aliphatic rings. The van der Waals surface area contributed by atoms with Gasteiger partial charge in [0.2, 0.25) is 5.91 Å². The highest BCUT2D eigenvalue weighted by Gasteiger charge is 2.51. The number of hydrogen-bond donors (Lipinski definition) is 2. The van der Waals surface area contributed by atoms with Crippen LogP contribution in [0.2, 0.25) is 0 Å². The first-order valence-electron chi connectivity index (χ1n) is 15.1. The Labute approximate surface area is 272 Å². The molecule has 3 unspecified atom stereocenters. The first kappa shape index (κ1) is 36.5. The summed E-state index contributed by atoms with van der Waals surface area (Å²) in [6.07, 6.45) is -6.19. The van der Waals surface area contributed by atoms with Gasteiger partial charge in [-0.3, -0.25) is 15.1 Å². The molecule has 0 spiro atoms. The number of piperidine rings is 1. The number of halogens is 7. The van der Waals surface area contributed by atoms with Gasteiger partial charge < -0.3 is 15.0 Å². The predicted octanol–water partition coefficient (Wildman–Crippen LogP) is 7.36. The van der Waals surface area contributed by atoms with E-state index in [9.17, 15) is 40.3 Å². The standard InChI is InChI=1S/C32H37F7N4O3S/c1-19(41-28(47-3)42-29(45)46-2)30(27(44)40-18-20-14-23(31(34,35)36)16-24(15-20)32(37,38)39)11-8-26(17-30)43-12-9-22(10-13-43)21-4-6-25(33)7-5-21/h4-7,14-16,19,22,26H,8-13,17-18H2,1-3H3,(H,40,44)(H,41,42,45). The first-order valence-corrected chi connectivity index (χ1v) is 16.3. The second kappa shape index (κ2) is 14.8. The predicted molar refractivity (Wildman–Crippen MR) is 164 cm³/mol. The number of nitrogens with one attached hydrogen (secondary N) is 2. The number of ether oxygens (including phenoxy) is 1. The van der Waals surface area contributed by atoms with Crippen LogP contribution in [0, 0.1) is 11.2 Å². The fourth-order valence-corrected chi connectivity index (χ4v) is 6.97. The lowest BCUT2D eigenvalue weighted by molar-refractivity contribution is -0.143. The van der Waals surface area contributed by atoms with Crippen molar-refractivity contribution in [2.24, 2.45) is 10.4 Å². The number of thioether (sulfide) groups is 1. The Kier molecular flexibility index (Phi) is 11.5. The van der Waals surface area contributed by atoms with Gasteiger partial charge in [-0.05, 0) is 106 Å². The van der Waals surface area contributed by atoms with Crippen LogP contribution >= 0.6 is 11.8 Å². The van der Waals surface area contributed by atoms with Crippen LogP contribution in [0.15, 0.2) is 47.5 Å². The molecule has 2 aromatic rings. The molecular weight excluding hydrogens is 653 g/mol. The summed E-state index contributed by atoms with van der Waals surface area (Å²) in [6, 6.07) is 6.92. The Bertz CT molecular complexity index is 1410. The van der Waals surface area contributed by atoms with Crippen molar-refractivity contribution in [1.29, 1.82) is 0 Å². The Hall–Kier alpha value is -3.33. The number of methoxy groups -OCH3 is 1. The third kappa shape index (κ3) is 8.98. The van der Waals surface area contributed by atoms with E-state index in [1.807, 2.05) is 0 Å². The van der Waals surface area contributed by atoms with Crippen LogP contribution in [0.5, 0.6) is 0 Å². The summed E-state index contributed by atoms with van der Waals surface area (Å²) in [7, 11) is 1.18. The normalized spacial score (nSPS) is 22.2. The molecule has 0 radical (unpaired) electrons. The van der Waals surface area contributed by atoms with Crippen LogP contribution in [-0.4, -0.2) is 60.6 Å². The number of likely N-dealkylation sites (tertiary alicyclic amines) is 1. The van der Waals surface area contributed by atoms with E-state index >= 15 is 0 Å². The van der Waals surface area contributed by atoms with E-state index in [0.29, 0.717) is 31.4 Å². The van der Waals surface area contributed by atoms with Crippen LogP contribution in [-0.2, 0) is 28.4 Å². The maximum Gasteiger partial charge on any atom is 0.416 e. The van der Waals surface area contributed by atoms with E-state index in [0.717, 1.165) is 43.3 Å². The quantitative estimate of drug-likeness (QED) is 0.180. The molecule has 7 nitrogen and oxygen atoms in total. The maximum absolute atomic E-state index is 14.0. The molecule has 3 atom stereocenters. The molecule has 2 fully saturated rings. The fraction of sp³-hybridized carbons (Fsp3) is 0.531. The number of aliphatic imine (C=N–C) groups is 1. The number of amidine groups is 1. The summed E-state index contributed by atoms with van der Waals surface area (Å²) in [6.45, 7) is 2.59. The minimum absolute atomic E-state index is 0.0377.